The fourth-order valence-electron chi connectivity index (χ4n) is 2.40. The number of anilines is 1. The minimum atomic E-state index is -0.600. The quantitative estimate of drug-likeness (QED) is 0.310. The van der Waals surface area contributed by atoms with Crippen LogP contribution in [0.2, 0.25) is 5.02 Å². The number of hydroxylamine groups is 1. The normalized spacial score (nSPS) is 11.3. The molecule has 3 aromatic rings. The summed E-state index contributed by atoms with van der Waals surface area (Å²) in [4.78, 5) is 11.7. The largest absolute Gasteiger partial charge is 0.339 e. The number of nitrogens with zero attached hydrogens (tertiary/aromatic N) is 3. The Morgan fingerprint density at radius 3 is 2.88 bits per heavy atom. The molecule has 9 heteroatoms. The average molecular weight is 377 g/mol. The molecular weight excluding hydrogens is 359 g/mol. The van der Waals surface area contributed by atoms with Gasteiger partial charge in [-0.3, -0.25) is 10.6 Å². The Kier molecular flexibility index (Phi) is 5.17. The number of aromatic amines is 1. The highest BCUT2D eigenvalue weighted by molar-refractivity contribution is 6.31. The van der Waals surface area contributed by atoms with E-state index in [4.69, 9.17) is 17.0 Å². The van der Waals surface area contributed by atoms with Crippen LogP contribution in [-0.2, 0) is 6.54 Å². The zero-order valence-electron chi connectivity index (χ0n) is 14.2. The summed E-state index contributed by atoms with van der Waals surface area (Å²) in [5, 5.41) is 22.4. The molecule has 0 spiro atoms. The van der Waals surface area contributed by atoms with Crippen molar-refractivity contribution >= 4 is 34.3 Å². The molecule has 0 unspecified atom stereocenters. The van der Waals surface area contributed by atoms with Gasteiger partial charge in [-0.05, 0) is 24.3 Å². The first-order valence-corrected chi connectivity index (χ1v) is 8.34. The monoisotopic (exact) mass is 376 g/mol. The smallest absolute Gasteiger partial charge is 0.178 e. The lowest BCUT2D eigenvalue weighted by molar-refractivity contribution is 0.312. The molecule has 7 nitrogen and oxygen atoms in total. The first-order valence-electron chi connectivity index (χ1n) is 7.96. The molecule has 0 bridgehead atoms. The van der Waals surface area contributed by atoms with E-state index in [1.807, 2.05) is 13.8 Å². The first-order chi connectivity index (χ1) is 12.4. The number of rotatable bonds is 5. The van der Waals surface area contributed by atoms with Gasteiger partial charge in [-0.15, -0.1) is 0 Å². The van der Waals surface area contributed by atoms with Crippen molar-refractivity contribution in [3.8, 4) is 0 Å². The zero-order chi connectivity index (χ0) is 18.8. The lowest BCUT2D eigenvalue weighted by Crippen LogP contribution is -2.27. The number of imidazole rings is 1. The van der Waals surface area contributed by atoms with Crippen LogP contribution >= 0.6 is 11.6 Å². The molecule has 2 aromatic heterocycles. The van der Waals surface area contributed by atoms with Crippen LogP contribution in [0.3, 0.4) is 0 Å². The summed E-state index contributed by atoms with van der Waals surface area (Å²) < 4.78 is 13.3. The summed E-state index contributed by atoms with van der Waals surface area (Å²) >= 11 is 5.75. The molecular formula is C17H18ClFN6O. The van der Waals surface area contributed by atoms with Crippen LogP contribution in [0.4, 0.5) is 10.1 Å². The molecule has 0 atom stereocenters. The number of benzene rings is 1. The van der Waals surface area contributed by atoms with Gasteiger partial charge >= 0.3 is 0 Å². The van der Waals surface area contributed by atoms with Crippen LogP contribution in [0.25, 0.3) is 11.2 Å². The fourth-order valence-corrected chi connectivity index (χ4v) is 2.58. The van der Waals surface area contributed by atoms with E-state index in [0.29, 0.717) is 40.2 Å². The number of hydrogen-bond donors (Lipinski definition) is 4. The Balaban J connectivity index is 1.93. The van der Waals surface area contributed by atoms with Gasteiger partial charge in [-0.1, -0.05) is 25.4 Å². The topological polar surface area (TPSA) is 101 Å². The maximum atomic E-state index is 13.3. The molecule has 0 radical (unpaired) electrons. The molecule has 0 amide bonds. The van der Waals surface area contributed by atoms with Crippen molar-refractivity contribution < 1.29 is 9.60 Å². The van der Waals surface area contributed by atoms with E-state index in [0.717, 1.165) is 6.07 Å². The van der Waals surface area contributed by atoms with Gasteiger partial charge in [0.05, 0.1) is 22.8 Å². The summed E-state index contributed by atoms with van der Waals surface area (Å²) in [7, 11) is 0. The number of pyridine rings is 1. The molecule has 0 aliphatic carbocycles. The number of nitrogens with one attached hydrogen (secondary N) is 3. The number of H-pyrrole nitrogens is 1. The van der Waals surface area contributed by atoms with E-state index in [1.54, 1.807) is 6.07 Å². The second-order valence-corrected chi connectivity index (χ2v) is 6.44. The summed E-state index contributed by atoms with van der Waals surface area (Å²) in [6.45, 7) is 4.58. The SMILES string of the molecule is CC(C)NCc1nc2nccc(C(=N)N(O)c3ccc(F)c(Cl)c3)c2[nH]1. The van der Waals surface area contributed by atoms with Gasteiger partial charge in [0, 0.05) is 17.8 Å². The maximum absolute atomic E-state index is 13.3. The lowest BCUT2D eigenvalue weighted by atomic mass is 10.2. The van der Waals surface area contributed by atoms with Gasteiger partial charge in [-0.25, -0.2) is 19.4 Å². The van der Waals surface area contributed by atoms with E-state index >= 15 is 0 Å². The number of amidine groups is 1. The van der Waals surface area contributed by atoms with Crippen LogP contribution in [0.15, 0.2) is 30.5 Å². The van der Waals surface area contributed by atoms with Crippen molar-refractivity contribution in [2.75, 3.05) is 5.06 Å². The number of hydrogen-bond acceptors (Lipinski definition) is 5. The van der Waals surface area contributed by atoms with Gasteiger partial charge in [0.2, 0.25) is 0 Å². The first kappa shape index (κ1) is 18.2. The molecule has 0 saturated heterocycles. The molecule has 4 N–H and O–H groups in total. The third kappa shape index (κ3) is 3.67. The number of fused-ring (bicyclic) bond motifs is 1. The standard InChI is InChI=1S/C17H18ClFN6O/c1-9(2)22-8-14-23-15-11(5-6-21-17(15)24-14)16(20)25(26)10-3-4-13(19)12(18)7-10/h3-7,9,20,22,26H,8H2,1-2H3,(H,21,23,24). The van der Waals surface area contributed by atoms with E-state index in [9.17, 15) is 9.60 Å². The molecule has 26 heavy (non-hydrogen) atoms. The Labute approximate surface area is 154 Å². The zero-order valence-corrected chi connectivity index (χ0v) is 15.0. The average Bonchev–Trinajstić information content (AvgIpc) is 3.04. The molecule has 1 aromatic carbocycles. The Morgan fingerprint density at radius 1 is 1.42 bits per heavy atom. The van der Waals surface area contributed by atoms with Gasteiger partial charge in [0.15, 0.2) is 11.5 Å². The van der Waals surface area contributed by atoms with Gasteiger partial charge < -0.3 is 10.3 Å². The summed E-state index contributed by atoms with van der Waals surface area (Å²) in [5.41, 5.74) is 1.55. The van der Waals surface area contributed by atoms with Crippen LogP contribution in [-0.4, -0.2) is 32.0 Å². The van der Waals surface area contributed by atoms with Gasteiger partial charge in [-0.2, -0.15) is 0 Å². The molecule has 2 heterocycles. The minimum absolute atomic E-state index is 0.141. The Hall–Kier alpha value is -2.55. The molecule has 136 valence electrons. The van der Waals surface area contributed by atoms with E-state index < -0.39 is 5.82 Å². The Bertz CT molecular complexity index is 958. The summed E-state index contributed by atoms with van der Waals surface area (Å²) in [6, 6.07) is 5.59. The second-order valence-electron chi connectivity index (χ2n) is 6.04. The molecule has 0 aliphatic rings. The fraction of sp³-hybridized carbons (Fsp3) is 0.235. The van der Waals surface area contributed by atoms with E-state index in [2.05, 4.69) is 20.3 Å². The van der Waals surface area contributed by atoms with Gasteiger partial charge in [0.1, 0.15) is 11.6 Å². The van der Waals surface area contributed by atoms with Gasteiger partial charge in [0.25, 0.3) is 0 Å². The van der Waals surface area contributed by atoms with Crippen LogP contribution in [0.1, 0.15) is 25.2 Å². The molecule has 0 saturated carbocycles. The molecule has 0 fully saturated rings. The van der Waals surface area contributed by atoms with E-state index in [1.165, 1.54) is 18.3 Å². The highest BCUT2D eigenvalue weighted by Crippen LogP contribution is 2.24. The van der Waals surface area contributed by atoms with Crippen molar-refractivity contribution in [3.05, 3.63) is 52.7 Å². The highest BCUT2D eigenvalue weighted by atomic mass is 35.5. The van der Waals surface area contributed by atoms with Crippen molar-refractivity contribution in [2.45, 2.75) is 26.4 Å². The third-order valence-electron chi connectivity index (χ3n) is 3.73. The number of aromatic nitrogens is 3. The second kappa shape index (κ2) is 7.36. The predicted molar refractivity (Wildman–Crippen MR) is 98.4 cm³/mol. The maximum Gasteiger partial charge on any atom is 0.178 e. The van der Waals surface area contributed by atoms with Crippen molar-refractivity contribution in [1.29, 1.82) is 5.41 Å². The van der Waals surface area contributed by atoms with Crippen LogP contribution in [0.5, 0.6) is 0 Å². The lowest BCUT2D eigenvalue weighted by Gasteiger charge is -2.18. The van der Waals surface area contributed by atoms with Crippen molar-refractivity contribution in [3.63, 3.8) is 0 Å². The molecule has 3 rings (SSSR count). The number of halogens is 2. The van der Waals surface area contributed by atoms with Crippen LogP contribution < -0.4 is 10.4 Å². The minimum Gasteiger partial charge on any atom is -0.339 e. The molecule has 0 aliphatic heterocycles. The van der Waals surface area contributed by atoms with Crippen molar-refractivity contribution in [2.24, 2.45) is 0 Å². The third-order valence-corrected chi connectivity index (χ3v) is 4.02. The predicted octanol–water partition coefficient (Wildman–Crippen LogP) is 3.47. The van der Waals surface area contributed by atoms with Crippen molar-refractivity contribution in [1.82, 2.24) is 20.3 Å². The summed E-state index contributed by atoms with van der Waals surface area (Å²) in [5.74, 6) is -0.139. The van der Waals surface area contributed by atoms with E-state index in [-0.39, 0.29) is 16.5 Å². The van der Waals surface area contributed by atoms with Crippen LogP contribution in [0, 0.1) is 11.2 Å². The summed E-state index contributed by atoms with van der Waals surface area (Å²) in [6.07, 6.45) is 1.51. The Morgan fingerprint density at radius 2 is 2.19 bits per heavy atom. The highest BCUT2D eigenvalue weighted by Gasteiger charge is 2.18.